The first-order valence-corrected chi connectivity index (χ1v) is 10.9. The predicted octanol–water partition coefficient (Wildman–Crippen LogP) is 2.75. The Labute approximate surface area is 169 Å². The molecule has 2 aromatic rings. The average Bonchev–Trinajstić information content (AvgIpc) is 3.07. The zero-order valence-electron chi connectivity index (χ0n) is 16.5. The van der Waals surface area contributed by atoms with Crippen molar-refractivity contribution in [1.29, 1.82) is 0 Å². The van der Waals surface area contributed by atoms with Crippen molar-refractivity contribution in [3.8, 4) is 11.4 Å². The van der Waals surface area contributed by atoms with Gasteiger partial charge in [0.05, 0.1) is 18.5 Å². The van der Waals surface area contributed by atoms with Crippen LogP contribution in [0.1, 0.15) is 24.8 Å². The lowest BCUT2D eigenvalue weighted by molar-refractivity contribution is -0.0780. The second kappa shape index (κ2) is 8.37. The number of rotatable bonds is 7. The summed E-state index contributed by atoms with van der Waals surface area (Å²) in [6.45, 7) is 2.13. The van der Waals surface area contributed by atoms with Gasteiger partial charge in [0.25, 0.3) is 10.2 Å². The van der Waals surface area contributed by atoms with Crippen LogP contribution in [0.5, 0.6) is 5.75 Å². The van der Waals surface area contributed by atoms with Crippen molar-refractivity contribution < 1.29 is 21.9 Å². The molecule has 1 aromatic carbocycles. The molecule has 160 valence electrons. The molecule has 1 heterocycles. The smallest absolute Gasteiger partial charge is 0.276 e. The molecule has 0 radical (unpaired) electrons. The van der Waals surface area contributed by atoms with Crippen molar-refractivity contribution >= 4 is 10.2 Å². The van der Waals surface area contributed by atoms with Crippen LogP contribution in [0, 0.1) is 18.8 Å². The number of aryl methyl sites for hydroxylation is 1. The Balaban J connectivity index is 1.65. The van der Waals surface area contributed by atoms with E-state index in [2.05, 4.69) is 5.10 Å². The summed E-state index contributed by atoms with van der Waals surface area (Å²) < 4.78 is 59.4. The van der Waals surface area contributed by atoms with Gasteiger partial charge in [0.1, 0.15) is 5.75 Å². The number of alkyl halides is 2. The SMILES string of the molecule is Cc1cnn(-c2ccc(OC[C@H]3CC(F)(F)CC[C@@H]3CN(C)S(N)(=O)=O)cc2)c1. The lowest BCUT2D eigenvalue weighted by atomic mass is 9.77. The number of halogens is 2. The molecule has 0 aliphatic heterocycles. The van der Waals surface area contributed by atoms with Gasteiger partial charge in [0, 0.05) is 38.5 Å². The summed E-state index contributed by atoms with van der Waals surface area (Å²) in [7, 11) is -2.50. The van der Waals surface area contributed by atoms with Gasteiger partial charge in [0.15, 0.2) is 0 Å². The molecular weight excluding hydrogens is 402 g/mol. The summed E-state index contributed by atoms with van der Waals surface area (Å²) in [6, 6.07) is 7.20. The Morgan fingerprint density at radius 2 is 2.00 bits per heavy atom. The Bertz CT molecular complexity index is 931. The van der Waals surface area contributed by atoms with Gasteiger partial charge in [-0.05, 0) is 49.1 Å². The average molecular weight is 429 g/mol. The van der Waals surface area contributed by atoms with E-state index in [9.17, 15) is 17.2 Å². The number of hydrogen-bond acceptors (Lipinski definition) is 4. The molecule has 1 fully saturated rings. The lowest BCUT2D eigenvalue weighted by Crippen LogP contribution is -2.43. The molecule has 0 spiro atoms. The molecule has 1 aromatic heterocycles. The second-order valence-corrected chi connectivity index (χ2v) is 9.36. The molecule has 29 heavy (non-hydrogen) atoms. The van der Waals surface area contributed by atoms with Crippen LogP contribution in [0.3, 0.4) is 0 Å². The van der Waals surface area contributed by atoms with Crippen LogP contribution in [0.25, 0.3) is 5.69 Å². The Morgan fingerprint density at radius 3 is 2.59 bits per heavy atom. The molecule has 1 saturated carbocycles. The van der Waals surface area contributed by atoms with E-state index in [4.69, 9.17) is 9.88 Å². The molecule has 2 atom stereocenters. The standard InChI is InChI=1S/C19H26F2N4O3S/c1-14-10-23-25(11-14)17-3-5-18(6-4-17)28-13-16-9-19(20,21)8-7-15(16)12-24(2)29(22,26)27/h3-6,10-11,15-16H,7-9,12-13H2,1-2H3,(H2,22,26,27)/t15-,16-/m1/s1. The Kier molecular flexibility index (Phi) is 6.25. The third-order valence-electron chi connectivity index (χ3n) is 5.31. The number of nitrogens with zero attached hydrogens (tertiary/aromatic N) is 3. The van der Waals surface area contributed by atoms with E-state index >= 15 is 0 Å². The fraction of sp³-hybridized carbons (Fsp3) is 0.526. The molecule has 1 aliphatic rings. The Hall–Kier alpha value is -2.04. The predicted molar refractivity (Wildman–Crippen MR) is 105 cm³/mol. The van der Waals surface area contributed by atoms with Gasteiger partial charge in [-0.25, -0.2) is 18.6 Å². The van der Waals surface area contributed by atoms with E-state index in [0.717, 1.165) is 15.6 Å². The van der Waals surface area contributed by atoms with Crippen LogP contribution in [0.4, 0.5) is 8.78 Å². The maximum atomic E-state index is 13.9. The van der Waals surface area contributed by atoms with Crippen LogP contribution in [-0.4, -0.2) is 48.6 Å². The topological polar surface area (TPSA) is 90.4 Å². The van der Waals surface area contributed by atoms with Crippen molar-refractivity contribution in [3.05, 3.63) is 42.2 Å². The highest BCUT2D eigenvalue weighted by Gasteiger charge is 2.42. The molecule has 0 bridgehead atoms. The summed E-state index contributed by atoms with van der Waals surface area (Å²) in [5.41, 5.74) is 1.90. The van der Waals surface area contributed by atoms with Gasteiger partial charge in [-0.1, -0.05) is 0 Å². The van der Waals surface area contributed by atoms with Gasteiger partial charge in [0.2, 0.25) is 5.92 Å². The van der Waals surface area contributed by atoms with Gasteiger partial charge in [-0.2, -0.15) is 17.8 Å². The first-order valence-electron chi connectivity index (χ1n) is 9.40. The van der Waals surface area contributed by atoms with Gasteiger partial charge in [-0.3, -0.25) is 0 Å². The molecular formula is C19H26F2N4O3S. The van der Waals surface area contributed by atoms with E-state index in [1.54, 1.807) is 23.0 Å². The Morgan fingerprint density at radius 1 is 1.31 bits per heavy atom. The molecule has 10 heteroatoms. The maximum Gasteiger partial charge on any atom is 0.276 e. The highest BCUT2D eigenvalue weighted by Crippen LogP contribution is 2.40. The van der Waals surface area contributed by atoms with E-state index in [1.807, 2.05) is 25.3 Å². The van der Waals surface area contributed by atoms with Gasteiger partial charge in [-0.15, -0.1) is 0 Å². The summed E-state index contributed by atoms with van der Waals surface area (Å²) in [6.07, 6.45) is 3.28. The maximum absolute atomic E-state index is 13.9. The van der Waals surface area contributed by atoms with E-state index < -0.39 is 22.0 Å². The number of hydrogen-bond donors (Lipinski definition) is 1. The van der Waals surface area contributed by atoms with E-state index in [-0.39, 0.29) is 38.3 Å². The molecule has 2 N–H and O–H groups in total. The first-order chi connectivity index (χ1) is 13.5. The van der Waals surface area contributed by atoms with Crippen molar-refractivity contribution in [2.45, 2.75) is 32.1 Å². The number of aromatic nitrogens is 2. The van der Waals surface area contributed by atoms with Crippen LogP contribution in [0.15, 0.2) is 36.7 Å². The van der Waals surface area contributed by atoms with Crippen molar-refractivity contribution in [2.24, 2.45) is 17.0 Å². The third kappa shape index (κ3) is 5.74. The zero-order valence-corrected chi connectivity index (χ0v) is 17.3. The molecule has 0 saturated heterocycles. The molecule has 1 aliphatic carbocycles. The van der Waals surface area contributed by atoms with Crippen molar-refractivity contribution in [2.75, 3.05) is 20.2 Å². The monoisotopic (exact) mass is 428 g/mol. The van der Waals surface area contributed by atoms with E-state index in [0.29, 0.717) is 5.75 Å². The number of ether oxygens (including phenoxy) is 1. The number of nitrogens with two attached hydrogens (primary N) is 1. The zero-order chi connectivity index (χ0) is 21.2. The number of benzene rings is 1. The fourth-order valence-corrected chi connectivity index (χ4v) is 4.01. The minimum absolute atomic E-state index is 0.0823. The van der Waals surface area contributed by atoms with Gasteiger partial charge < -0.3 is 4.74 Å². The quantitative estimate of drug-likeness (QED) is 0.734. The highest BCUT2D eigenvalue weighted by atomic mass is 32.2. The third-order valence-corrected chi connectivity index (χ3v) is 6.33. The minimum Gasteiger partial charge on any atom is -0.493 e. The minimum atomic E-state index is -3.85. The summed E-state index contributed by atoms with van der Waals surface area (Å²) in [5.74, 6) is -2.93. The van der Waals surface area contributed by atoms with Gasteiger partial charge >= 0.3 is 0 Å². The normalized spacial score (nSPS) is 22.0. The second-order valence-electron chi connectivity index (χ2n) is 7.71. The summed E-state index contributed by atoms with van der Waals surface area (Å²) in [4.78, 5) is 0. The molecule has 0 unspecified atom stereocenters. The fourth-order valence-electron chi connectivity index (χ4n) is 3.61. The largest absolute Gasteiger partial charge is 0.493 e. The van der Waals surface area contributed by atoms with Crippen molar-refractivity contribution in [3.63, 3.8) is 0 Å². The molecule has 7 nitrogen and oxygen atoms in total. The van der Waals surface area contributed by atoms with E-state index in [1.165, 1.54) is 7.05 Å². The van der Waals surface area contributed by atoms with Crippen LogP contribution in [0.2, 0.25) is 0 Å². The molecule has 0 amide bonds. The molecule has 3 rings (SSSR count). The van der Waals surface area contributed by atoms with Crippen LogP contribution >= 0.6 is 0 Å². The van der Waals surface area contributed by atoms with Crippen LogP contribution < -0.4 is 9.88 Å². The lowest BCUT2D eigenvalue weighted by Gasteiger charge is -2.37. The summed E-state index contributed by atoms with van der Waals surface area (Å²) in [5, 5.41) is 9.37. The highest BCUT2D eigenvalue weighted by molar-refractivity contribution is 7.86. The first kappa shape index (κ1) is 21.7. The summed E-state index contributed by atoms with van der Waals surface area (Å²) >= 11 is 0. The van der Waals surface area contributed by atoms with Crippen molar-refractivity contribution in [1.82, 2.24) is 14.1 Å². The van der Waals surface area contributed by atoms with Crippen LogP contribution in [-0.2, 0) is 10.2 Å².